The molecule has 0 spiro atoms. The number of benzene rings is 1. The summed E-state index contributed by atoms with van der Waals surface area (Å²) in [5.74, 6) is -2.81. The summed E-state index contributed by atoms with van der Waals surface area (Å²) in [4.78, 5) is 79.7. The highest BCUT2D eigenvalue weighted by atomic mass is 16.6. The van der Waals surface area contributed by atoms with Gasteiger partial charge in [-0.15, -0.1) is 0 Å². The standard InChI is InChI=1S/C31H55N3O6.C22H25N7O5/c1-2-3-4-5-6-7-8-9-10-11-12-13-14-15-16-17-18-19-20-21-27(36)32-26-22-23-34(31(39)33-26)30-29(38)28(37)25(24-35)40-30;1-2-11(9-14-10-25-19-17(26-14)18(23)28-22(24)29-19)12-3-5-13(6-4-12)20(32)27-15(21(33)34)7-8-16(30)31/h22-23,25,28-30,35,37-38H,2-21,24H2,1H3,(H,32,33,36,39);3-6,10-11,15H,2,7-9H2,1H3,(H,27,32)(H,30,31)(H,33,34)(H4,23,24,25,28,29)/t25-,28-,29+,30-;11?,15-/m10/s1. The molecule has 5 rings (SSSR count). The van der Waals surface area contributed by atoms with Gasteiger partial charge in [0.15, 0.2) is 23.2 Å². The van der Waals surface area contributed by atoms with E-state index < -0.39 is 60.7 Å². The molecule has 4 heterocycles. The maximum Gasteiger partial charge on any atom is 0.351 e. The fraction of sp³-hybridized carbons (Fsp3) is 0.623. The number of rotatable bonds is 33. The molecule has 1 aliphatic rings. The number of hydrogen-bond acceptors (Lipinski definition) is 16. The number of carboxylic acids is 2. The van der Waals surface area contributed by atoms with Gasteiger partial charge in [-0.3, -0.25) is 19.0 Å². The molecule has 1 unspecified atom stereocenters. The Bertz CT molecular complexity index is 2410. The summed E-state index contributed by atoms with van der Waals surface area (Å²) in [6.07, 6.45) is 24.1. The van der Waals surface area contributed by atoms with Gasteiger partial charge in [0.25, 0.3) is 5.91 Å². The Hall–Kier alpha value is -6.16. The van der Waals surface area contributed by atoms with Crippen molar-refractivity contribution < 1.29 is 49.4 Å². The van der Waals surface area contributed by atoms with Gasteiger partial charge in [0.2, 0.25) is 11.9 Å². The Morgan fingerprint density at radius 2 is 1.32 bits per heavy atom. The molecule has 21 nitrogen and oxygen atoms in total. The summed E-state index contributed by atoms with van der Waals surface area (Å²) in [6, 6.07) is 6.95. The van der Waals surface area contributed by atoms with Gasteiger partial charge >= 0.3 is 17.6 Å². The van der Waals surface area contributed by atoms with E-state index in [-0.39, 0.29) is 47.8 Å². The molecule has 2 amide bonds. The predicted octanol–water partition coefficient (Wildman–Crippen LogP) is 6.98. The molecular formula is C53H80N10O11. The summed E-state index contributed by atoms with van der Waals surface area (Å²) in [5.41, 5.74) is 13.4. The molecule has 0 radical (unpaired) electrons. The number of ether oxygens (including phenoxy) is 1. The third-order valence-corrected chi connectivity index (χ3v) is 13.2. The Balaban J connectivity index is 0.000000324. The topological polar surface area (TPSA) is 341 Å². The number of aromatic nitrogens is 6. The largest absolute Gasteiger partial charge is 0.481 e. The maximum absolute atomic E-state index is 12.5. The van der Waals surface area contributed by atoms with Crippen molar-refractivity contribution in [1.82, 2.24) is 34.8 Å². The van der Waals surface area contributed by atoms with Crippen LogP contribution in [0.4, 0.5) is 17.6 Å². The number of carbonyl (C=O) groups excluding carboxylic acids is 2. The van der Waals surface area contributed by atoms with Crippen molar-refractivity contribution in [1.29, 1.82) is 0 Å². The Morgan fingerprint density at radius 3 is 1.84 bits per heavy atom. The summed E-state index contributed by atoms with van der Waals surface area (Å²) >= 11 is 0. The van der Waals surface area contributed by atoms with Crippen LogP contribution in [-0.4, -0.2) is 110 Å². The molecule has 0 bridgehead atoms. The number of nitrogens with two attached hydrogens (primary N) is 2. The second-order valence-corrected chi connectivity index (χ2v) is 19.1. The lowest BCUT2D eigenvalue weighted by Gasteiger charge is -2.17. The number of nitrogen functional groups attached to an aromatic ring is 2. The number of hydrogen-bond donors (Lipinski definition) is 9. The number of nitrogens with zero attached hydrogens (tertiary/aromatic N) is 6. The maximum atomic E-state index is 12.5. The van der Waals surface area contributed by atoms with Crippen LogP contribution in [0.25, 0.3) is 11.2 Å². The average molecular weight is 1030 g/mol. The Morgan fingerprint density at radius 1 is 0.743 bits per heavy atom. The number of amides is 2. The smallest absolute Gasteiger partial charge is 0.351 e. The predicted molar refractivity (Wildman–Crippen MR) is 281 cm³/mol. The van der Waals surface area contributed by atoms with Gasteiger partial charge in [-0.05, 0) is 55.4 Å². The number of nitrogens with one attached hydrogen (secondary N) is 2. The third kappa shape index (κ3) is 20.6. The van der Waals surface area contributed by atoms with Gasteiger partial charge in [0, 0.05) is 24.6 Å². The van der Waals surface area contributed by atoms with Gasteiger partial charge in [-0.1, -0.05) is 142 Å². The zero-order chi connectivity index (χ0) is 53.8. The summed E-state index contributed by atoms with van der Waals surface area (Å²) in [7, 11) is 0. The molecule has 0 saturated carbocycles. The quantitative estimate of drug-likeness (QED) is 0.0217. The van der Waals surface area contributed by atoms with E-state index in [1.165, 1.54) is 115 Å². The van der Waals surface area contributed by atoms with Crippen LogP contribution in [0.2, 0.25) is 0 Å². The van der Waals surface area contributed by atoms with Gasteiger partial charge in [0.1, 0.15) is 30.2 Å². The Labute approximate surface area is 433 Å². The van der Waals surface area contributed by atoms with E-state index in [0.29, 0.717) is 29.7 Å². The molecule has 0 aliphatic carbocycles. The highest BCUT2D eigenvalue weighted by Gasteiger charge is 2.43. The minimum absolute atomic E-state index is 0.0270. The minimum Gasteiger partial charge on any atom is -0.481 e. The average Bonchev–Trinajstić information content (AvgIpc) is 3.66. The van der Waals surface area contributed by atoms with Crippen LogP contribution < -0.4 is 27.8 Å². The number of aliphatic hydroxyl groups is 3. The molecule has 1 fully saturated rings. The number of carboxylic acid groups (broad SMARTS) is 2. The van der Waals surface area contributed by atoms with Crippen LogP contribution in [0.1, 0.15) is 195 Å². The highest BCUT2D eigenvalue weighted by Crippen LogP contribution is 2.29. The van der Waals surface area contributed by atoms with Crippen molar-refractivity contribution >= 4 is 52.5 Å². The van der Waals surface area contributed by atoms with E-state index in [2.05, 4.69) is 42.5 Å². The lowest BCUT2D eigenvalue weighted by atomic mass is 9.91. The fourth-order valence-corrected chi connectivity index (χ4v) is 8.86. The number of aliphatic carboxylic acids is 2. The molecule has 11 N–H and O–H groups in total. The molecule has 3 aromatic heterocycles. The second kappa shape index (κ2) is 32.9. The minimum atomic E-state index is -1.37. The lowest BCUT2D eigenvalue weighted by molar-refractivity contribution is -0.140. The molecule has 21 heteroatoms. The van der Waals surface area contributed by atoms with E-state index in [0.717, 1.165) is 35.8 Å². The van der Waals surface area contributed by atoms with Crippen molar-refractivity contribution in [3.63, 3.8) is 0 Å². The van der Waals surface area contributed by atoms with Crippen LogP contribution in [0.15, 0.2) is 47.5 Å². The lowest BCUT2D eigenvalue weighted by Crippen LogP contribution is -2.41. The first-order chi connectivity index (χ1) is 35.6. The van der Waals surface area contributed by atoms with E-state index in [4.69, 9.17) is 21.3 Å². The molecule has 4 aromatic rings. The zero-order valence-electron chi connectivity index (χ0n) is 43.2. The van der Waals surface area contributed by atoms with E-state index in [1.54, 1.807) is 30.5 Å². The Kier molecular flexibility index (Phi) is 26.9. The summed E-state index contributed by atoms with van der Waals surface area (Å²) in [6.45, 7) is 3.82. The first-order valence-electron chi connectivity index (χ1n) is 26.6. The molecule has 1 aliphatic heterocycles. The van der Waals surface area contributed by atoms with Crippen molar-refractivity contribution in [2.75, 3.05) is 23.4 Å². The number of unbranched alkanes of at least 4 members (excludes halogenated alkanes) is 18. The summed E-state index contributed by atoms with van der Waals surface area (Å²) in [5, 5.41) is 52.2. The SMILES string of the molecule is CCC(Cc1cnc2nc(N)nc(N)c2n1)c1ccc(C(=O)N[C@@H](CCC(=O)O)C(=O)O)cc1.CCCCCCCCCCCCCCCCCCCCCC(=O)Nc1ccn([C@@H]2O[C@H](CO)[C@@H](O)[C@@H]2O)c(=O)n1. The van der Waals surface area contributed by atoms with Gasteiger partial charge in [-0.25, -0.2) is 19.6 Å². The first-order valence-corrected chi connectivity index (χ1v) is 26.6. The normalized spacial score (nSPS) is 17.0. The molecule has 408 valence electrons. The molecule has 74 heavy (non-hydrogen) atoms. The molecule has 1 saturated heterocycles. The second-order valence-electron chi connectivity index (χ2n) is 19.1. The van der Waals surface area contributed by atoms with Crippen LogP contribution in [-0.2, 0) is 25.5 Å². The first kappa shape index (κ1) is 60.4. The van der Waals surface area contributed by atoms with Crippen molar-refractivity contribution in [3.05, 3.63) is 70.0 Å². The van der Waals surface area contributed by atoms with Crippen LogP contribution >= 0.6 is 0 Å². The van der Waals surface area contributed by atoms with Crippen LogP contribution in [0, 0.1) is 0 Å². The highest BCUT2D eigenvalue weighted by molar-refractivity contribution is 5.96. The van der Waals surface area contributed by atoms with E-state index >= 15 is 0 Å². The molecule has 6 atom stereocenters. The fourth-order valence-electron chi connectivity index (χ4n) is 8.86. The zero-order valence-corrected chi connectivity index (χ0v) is 43.2. The van der Waals surface area contributed by atoms with Crippen molar-refractivity contribution in [2.45, 2.75) is 204 Å². The van der Waals surface area contributed by atoms with Gasteiger partial charge in [-0.2, -0.15) is 15.0 Å². The van der Waals surface area contributed by atoms with Crippen molar-refractivity contribution in [3.8, 4) is 0 Å². The van der Waals surface area contributed by atoms with E-state index in [1.807, 2.05) is 6.92 Å². The van der Waals surface area contributed by atoms with E-state index in [9.17, 15) is 44.4 Å². The number of carbonyl (C=O) groups is 4. The number of fused-ring (bicyclic) bond motifs is 1. The van der Waals surface area contributed by atoms with Crippen LogP contribution in [0.5, 0.6) is 0 Å². The molecule has 1 aromatic carbocycles. The number of anilines is 3. The summed E-state index contributed by atoms with van der Waals surface area (Å²) < 4.78 is 6.40. The molecular weight excluding hydrogens is 953 g/mol. The van der Waals surface area contributed by atoms with Crippen molar-refractivity contribution in [2.24, 2.45) is 0 Å². The monoisotopic (exact) mass is 1030 g/mol. The number of aliphatic hydroxyl groups excluding tert-OH is 3. The van der Waals surface area contributed by atoms with Gasteiger partial charge < -0.3 is 52.4 Å². The van der Waals surface area contributed by atoms with Gasteiger partial charge in [0.05, 0.1) is 18.5 Å². The van der Waals surface area contributed by atoms with Crippen LogP contribution in [0.3, 0.4) is 0 Å². The third-order valence-electron chi connectivity index (χ3n) is 13.2.